The van der Waals surface area contributed by atoms with Gasteiger partial charge in [0.15, 0.2) is 0 Å². The van der Waals surface area contributed by atoms with Crippen molar-refractivity contribution < 1.29 is 14.3 Å². The molecule has 0 aliphatic carbocycles. The lowest BCUT2D eigenvalue weighted by Crippen LogP contribution is -2.22. The maximum absolute atomic E-state index is 11.5. The summed E-state index contributed by atoms with van der Waals surface area (Å²) in [5.74, 6) is 1.41. The van der Waals surface area contributed by atoms with Gasteiger partial charge in [0, 0.05) is 6.42 Å². The number of carbonyl (C=O) groups excluding carboxylic acids is 1. The standard InChI is InChI=1S/C16H22O3.2C2H6/c1-3-5-13-8-7-12-11-14(9-10-15(12)18-13)19-16(17)6-4-2;2*1-2/h9-11,13H,3-8H2,1-2H3;2*1-2H3. The molecule has 1 aromatic carbocycles. The van der Waals surface area contributed by atoms with E-state index in [4.69, 9.17) is 9.47 Å². The molecular weight excluding hydrogens is 288 g/mol. The molecule has 1 atom stereocenters. The highest BCUT2D eigenvalue weighted by Crippen LogP contribution is 2.32. The number of esters is 1. The first-order valence-corrected chi connectivity index (χ1v) is 9.23. The predicted octanol–water partition coefficient (Wildman–Crippen LogP) is 5.94. The maximum Gasteiger partial charge on any atom is 0.311 e. The first kappa shape index (κ1) is 21.5. The number of fused-ring (bicyclic) bond motifs is 1. The van der Waals surface area contributed by atoms with E-state index in [1.807, 2.05) is 52.8 Å². The molecule has 3 nitrogen and oxygen atoms in total. The topological polar surface area (TPSA) is 35.5 Å². The third-order valence-corrected chi connectivity index (χ3v) is 3.36. The number of rotatable bonds is 5. The lowest BCUT2D eigenvalue weighted by Gasteiger charge is -2.26. The second-order valence-electron chi connectivity index (χ2n) is 5.06. The Morgan fingerprint density at radius 3 is 2.48 bits per heavy atom. The van der Waals surface area contributed by atoms with Crippen molar-refractivity contribution in [1.29, 1.82) is 0 Å². The van der Waals surface area contributed by atoms with E-state index in [9.17, 15) is 4.79 Å². The second-order valence-corrected chi connectivity index (χ2v) is 5.06. The van der Waals surface area contributed by atoms with Crippen LogP contribution < -0.4 is 9.47 Å². The van der Waals surface area contributed by atoms with Gasteiger partial charge in [-0.15, -0.1) is 0 Å². The van der Waals surface area contributed by atoms with Gasteiger partial charge < -0.3 is 9.47 Å². The molecule has 0 fully saturated rings. The van der Waals surface area contributed by atoms with E-state index in [0.717, 1.165) is 43.4 Å². The Bertz CT molecular complexity index is 441. The summed E-state index contributed by atoms with van der Waals surface area (Å²) < 4.78 is 11.2. The molecule has 1 aromatic rings. The number of carbonyl (C=O) groups is 1. The summed E-state index contributed by atoms with van der Waals surface area (Å²) in [6, 6.07) is 5.68. The minimum Gasteiger partial charge on any atom is -0.490 e. The minimum absolute atomic E-state index is 0.164. The lowest BCUT2D eigenvalue weighted by molar-refractivity contribution is -0.134. The van der Waals surface area contributed by atoms with Gasteiger partial charge in [-0.3, -0.25) is 4.79 Å². The second kappa shape index (κ2) is 13.0. The summed E-state index contributed by atoms with van der Waals surface area (Å²) in [5.41, 5.74) is 1.15. The van der Waals surface area contributed by atoms with Gasteiger partial charge >= 0.3 is 5.97 Å². The molecule has 1 aliphatic rings. The molecule has 0 amide bonds. The first-order valence-electron chi connectivity index (χ1n) is 9.23. The molecule has 0 saturated heterocycles. The van der Waals surface area contributed by atoms with Gasteiger partial charge in [0.05, 0.1) is 6.10 Å². The number of aryl methyl sites for hydroxylation is 1. The molecule has 1 unspecified atom stereocenters. The molecule has 0 spiro atoms. The molecule has 1 aliphatic heterocycles. The van der Waals surface area contributed by atoms with Gasteiger partial charge in [-0.05, 0) is 49.4 Å². The summed E-state index contributed by atoms with van der Waals surface area (Å²) in [4.78, 5) is 11.5. The van der Waals surface area contributed by atoms with Crippen LogP contribution in [-0.2, 0) is 11.2 Å². The van der Waals surface area contributed by atoms with Crippen LogP contribution in [0.1, 0.15) is 79.2 Å². The molecular formula is C20H34O3. The van der Waals surface area contributed by atoms with Gasteiger partial charge in [0.2, 0.25) is 0 Å². The number of hydrogen-bond acceptors (Lipinski definition) is 3. The molecule has 0 aromatic heterocycles. The SMILES string of the molecule is CC.CC.CCCC(=O)Oc1ccc2c(c1)CCC(CCC)O2. The van der Waals surface area contributed by atoms with Gasteiger partial charge in [0.25, 0.3) is 0 Å². The van der Waals surface area contributed by atoms with E-state index < -0.39 is 0 Å². The molecule has 1 heterocycles. The monoisotopic (exact) mass is 322 g/mol. The highest BCUT2D eigenvalue weighted by atomic mass is 16.5. The van der Waals surface area contributed by atoms with Crippen LogP contribution in [-0.4, -0.2) is 12.1 Å². The number of hydrogen-bond donors (Lipinski definition) is 0. The van der Waals surface area contributed by atoms with Gasteiger partial charge in [-0.25, -0.2) is 0 Å². The van der Waals surface area contributed by atoms with Crippen LogP contribution >= 0.6 is 0 Å². The fraction of sp³-hybridized carbons (Fsp3) is 0.650. The maximum atomic E-state index is 11.5. The van der Waals surface area contributed by atoms with Crippen LogP contribution in [0.4, 0.5) is 0 Å². The smallest absolute Gasteiger partial charge is 0.311 e. The third-order valence-electron chi connectivity index (χ3n) is 3.36. The Morgan fingerprint density at radius 2 is 1.87 bits per heavy atom. The fourth-order valence-corrected chi connectivity index (χ4v) is 2.40. The lowest BCUT2D eigenvalue weighted by atomic mass is 9.99. The molecule has 0 saturated carbocycles. The molecule has 3 heteroatoms. The fourth-order valence-electron chi connectivity index (χ4n) is 2.40. The van der Waals surface area contributed by atoms with E-state index in [-0.39, 0.29) is 5.97 Å². The van der Waals surface area contributed by atoms with Crippen molar-refractivity contribution in [3.05, 3.63) is 23.8 Å². The molecule has 0 radical (unpaired) electrons. The van der Waals surface area contributed by atoms with Crippen molar-refractivity contribution in [2.45, 2.75) is 86.2 Å². The average Bonchev–Trinajstić information content (AvgIpc) is 2.59. The van der Waals surface area contributed by atoms with E-state index in [2.05, 4.69) is 6.92 Å². The zero-order valence-electron chi connectivity index (χ0n) is 15.8. The summed E-state index contributed by atoms with van der Waals surface area (Å²) >= 11 is 0. The summed E-state index contributed by atoms with van der Waals surface area (Å²) in [6.45, 7) is 12.1. The van der Waals surface area contributed by atoms with Crippen molar-refractivity contribution in [3.63, 3.8) is 0 Å². The van der Waals surface area contributed by atoms with Crippen molar-refractivity contribution in [3.8, 4) is 11.5 Å². The van der Waals surface area contributed by atoms with Gasteiger partial charge in [-0.1, -0.05) is 48.0 Å². The minimum atomic E-state index is -0.164. The average molecular weight is 322 g/mol. The molecule has 132 valence electrons. The predicted molar refractivity (Wildman–Crippen MR) is 97.3 cm³/mol. The normalized spacial score (nSPS) is 15.0. The van der Waals surface area contributed by atoms with Crippen molar-refractivity contribution in [1.82, 2.24) is 0 Å². The largest absolute Gasteiger partial charge is 0.490 e. The van der Waals surface area contributed by atoms with Crippen LogP contribution in [0.2, 0.25) is 0 Å². The van der Waals surface area contributed by atoms with Crippen molar-refractivity contribution in [2.75, 3.05) is 0 Å². The Morgan fingerprint density at radius 1 is 1.17 bits per heavy atom. The van der Waals surface area contributed by atoms with Crippen LogP contribution in [0.25, 0.3) is 0 Å². The van der Waals surface area contributed by atoms with Crippen molar-refractivity contribution >= 4 is 5.97 Å². The summed E-state index contributed by atoms with van der Waals surface area (Å²) in [7, 11) is 0. The Hall–Kier alpha value is -1.51. The quantitative estimate of drug-likeness (QED) is 0.497. The van der Waals surface area contributed by atoms with E-state index >= 15 is 0 Å². The van der Waals surface area contributed by atoms with Crippen molar-refractivity contribution in [2.24, 2.45) is 0 Å². The highest BCUT2D eigenvalue weighted by molar-refractivity contribution is 5.72. The first-order chi connectivity index (χ1) is 11.2. The molecule has 2 rings (SSSR count). The molecule has 0 bridgehead atoms. The van der Waals surface area contributed by atoms with Crippen LogP contribution in [0.5, 0.6) is 11.5 Å². The zero-order chi connectivity index (χ0) is 17.7. The van der Waals surface area contributed by atoms with Gasteiger partial charge in [0.1, 0.15) is 11.5 Å². The summed E-state index contributed by atoms with van der Waals surface area (Å²) in [6.07, 6.45) is 5.91. The number of ether oxygens (including phenoxy) is 2. The number of benzene rings is 1. The summed E-state index contributed by atoms with van der Waals surface area (Å²) in [5, 5.41) is 0. The van der Waals surface area contributed by atoms with Crippen LogP contribution in [0.3, 0.4) is 0 Å². The van der Waals surface area contributed by atoms with E-state index in [1.54, 1.807) is 0 Å². The van der Waals surface area contributed by atoms with Crippen LogP contribution in [0, 0.1) is 0 Å². The Balaban J connectivity index is 0.00000112. The Kier molecular flexibility index (Phi) is 12.1. The molecule has 0 N–H and O–H groups in total. The zero-order valence-corrected chi connectivity index (χ0v) is 15.8. The van der Waals surface area contributed by atoms with Gasteiger partial charge in [-0.2, -0.15) is 0 Å². The van der Waals surface area contributed by atoms with E-state index in [0.29, 0.717) is 18.3 Å². The molecule has 23 heavy (non-hydrogen) atoms. The highest BCUT2D eigenvalue weighted by Gasteiger charge is 2.19. The Labute approximate surface area is 142 Å². The van der Waals surface area contributed by atoms with Crippen LogP contribution in [0.15, 0.2) is 18.2 Å². The third kappa shape index (κ3) is 7.54. The van der Waals surface area contributed by atoms with E-state index in [1.165, 1.54) is 0 Å².